The van der Waals surface area contributed by atoms with Crippen LogP contribution < -0.4 is 5.32 Å². The standard InChI is InChI=1S/C14H27NO3/c1-12(2)11-14(5-3-4-6-14)13(17)15-7-9-18-10-8-16/h12,16H,3-11H2,1-2H3,(H,15,17). The van der Waals surface area contributed by atoms with Crippen LogP contribution in [0.25, 0.3) is 0 Å². The largest absolute Gasteiger partial charge is 0.394 e. The van der Waals surface area contributed by atoms with Crippen molar-refractivity contribution in [3.63, 3.8) is 0 Å². The highest BCUT2D eigenvalue weighted by molar-refractivity contribution is 5.82. The first kappa shape index (κ1) is 15.4. The van der Waals surface area contributed by atoms with Gasteiger partial charge in [-0.3, -0.25) is 4.79 Å². The van der Waals surface area contributed by atoms with E-state index in [1.165, 1.54) is 12.8 Å². The van der Waals surface area contributed by atoms with Gasteiger partial charge in [-0.05, 0) is 25.2 Å². The summed E-state index contributed by atoms with van der Waals surface area (Å²) < 4.78 is 5.15. The lowest BCUT2D eigenvalue weighted by atomic mass is 9.77. The summed E-state index contributed by atoms with van der Waals surface area (Å²) in [5.41, 5.74) is -0.134. The van der Waals surface area contributed by atoms with E-state index in [1.807, 2.05) is 0 Å². The van der Waals surface area contributed by atoms with E-state index in [2.05, 4.69) is 19.2 Å². The molecule has 0 radical (unpaired) electrons. The fraction of sp³-hybridized carbons (Fsp3) is 0.929. The molecule has 18 heavy (non-hydrogen) atoms. The highest BCUT2D eigenvalue weighted by atomic mass is 16.5. The van der Waals surface area contributed by atoms with Crippen molar-refractivity contribution < 1.29 is 14.6 Å². The number of ether oxygens (including phenoxy) is 1. The lowest BCUT2D eigenvalue weighted by molar-refractivity contribution is -0.132. The average Bonchev–Trinajstić information content (AvgIpc) is 2.77. The number of hydrogen-bond donors (Lipinski definition) is 2. The molecule has 0 heterocycles. The molecule has 0 aromatic carbocycles. The van der Waals surface area contributed by atoms with Crippen LogP contribution in [0.4, 0.5) is 0 Å². The maximum atomic E-state index is 12.3. The van der Waals surface area contributed by atoms with Crippen molar-refractivity contribution in [1.29, 1.82) is 0 Å². The van der Waals surface area contributed by atoms with E-state index in [1.54, 1.807) is 0 Å². The smallest absolute Gasteiger partial charge is 0.226 e. The van der Waals surface area contributed by atoms with Gasteiger partial charge in [0.05, 0.1) is 19.8 Å². The summed E-state index contributed by atoms with van der Waals surface area (Å²) in [4.78, 5) is 12.3. The minimum absolute atomic E-state index is 0.0330. The summed E-state index contributed by atoms with van der Waals surface area (Å²) in [6.07, 6.45) is 5.36. The second-order valence-electron chi connectivity index (χ2n) is 5.68. The Labute approximate surface area is 110 Å². The van der Waals surface area contributed by atoms with Crippen LogP contribution >= 0.6 is 0 Å². The number of hydrogen-bond acceptors (Lipinski definition) is 3. The normalized spacial score (nSPS) is 18.2. The molecule has 1 saturated carbocycles. The van der Waals surface area contributed by atoms with Gasteiger partial charge in [0.2, 0.25) is 5.91 Å². The number of carbonyl (C=O) groups excluding carboxylic acids is 1. The van der Waals surface area contributed by atoms with Crippen molar-refractivity contribution in [1.82, 2.24) is 5.32 Å². The zero-order valence-corrected chi connectivity index (χ0v) is 11.7. The van der Waals surface area contributed by atoms with Crippen LogP contribution in [0.1, 0.15) is 46.0 Å². The third-order valence-corrected chi connectivity index (χ3v) is 3.61. The monoisotopic (exact) mass is 257 g/mol. The lowest BCUT2D eigenvalue weighted by Crippen LogP contribution is -2.41. The van der Waals surface area contributed by atoms with Gasteiger partial charge in [-0.1, -0.05) is 26.7 Å². The van der Waals surface area contributed by atoms with Crippen LogP contribution in [0.5, 0.6) is 0 Å². The molecule has 1 amide bonds. The van der Waals surface area contributed by atoms with Crippen LogP contribution in [0.2, 0.25) is 0 Å². The average molecular weight is 257 g/mol. The quantitative estimate of drug-likeness (QED) is 0.651. The predicted octanol–water partition coefficient (Wildman–Crippen LogP) is 1.72. The predicted molar refractivity (Wildman–Crippen MR) is 71.3 cm³/mol. The SMILES string of the molecule is CC(C)CC1(C(=O)NCCOCCO)CCCC1. The summed E-state index contributed by atoms with van der Waals surface area (Å²) in [6.45, 7) is 5.75. The topological polar surface area (TPSA) is 58.6 Å². The Bertz CT molecular complexity index is 247. The minimum atomic E-state index is -0.134. The Kier molecular flexibility index (Phi) is 6.65. The molecule has 0 aliphatic heterocycles. The van der Waals surface area contributed by atoms with E-state index in [4.69, 9.17) is 9.84 Å². The number of aliphatic hydroxyl groups is 1. The van der Waals surface area contributed by atoms with E-state index < -0.39 is 0 Å². The Hall–Kier alpha value is -0.610. The molecule has 106 valence electrons. The molecular formula is C14H27NO3. The summed E-state index contributed by atoms with van der Waals surface area (Å²) in [7, 11) is 0. The fourth-order valence-corrected chi connectivity index (χ4v) is 2.95. The van der Waals surface area contributed by atoms with Gasteiger partial charge in [-0.15, -0.1) is 0 Å². The second-order valence-corrected chi connectivity index (χ2v) is 5.68. The van der Waals surface area contributed by atoms with Gasteiger partial charge in [-0.25, -0.2) is 0 Å². The van der Waals surface area contributed by atoms with Gasteiger partial charge >= 0.3 is 0 Å². The molecular weight excluding hydrogens is 230 g/mol. The van der Waals surface area contributed by atoms with Crippen LogP contribution in [0, 0.1) is 11.3 Å². The maximum absolute atomic E-state index is 12.3. The Morgan fingerprint density at radius 3 is 2.56 bits per heavy atom. The van der Waals surface area contributed by atoms with Gasteiger partial charge in [0.15, 0.2) is 0 Å². The number of rotatable bonds is 8. The number of carbonyl (C=O) groups is 1. The van der Waals surface area contributed by atoms with Crippen molar-refractivity contribution >= 4 is 5.91 Å². The third kappa shape index (κ3) is 4.58. The zero-order chi connectivity index (χ0) is 13.4. The Morgan fingerprint density at radius 1 is 1.33 bits per heavy atom. The van der Waals surface area contributed by atoms with Gasteiger partial charge in [-0.2, -0.15) is 0 Å². The maximum Gasteiger partial charge on any atom is 0.226 e. The summed E-state index contributed by atoms with van der Waals surface area (Å²) in [6, 6.07) is 0. The van der Waals surface area contributed by atoms with E-state index in [9.17, 15) is 4.79 Å². The fourth-order valence-electron chi connectivity index (χ4n) is 2.95. The molecule has 0 spiro atoms. The highest BCUT2D eigenvalue weighted by Crippen LogP contribution is 2.43. The molecule has 4 nitrogen and oxygen atoms in total. The number of amides is 1. The molecule has 0 aromatic heterocycles. The second kappa shape index (κ2) is 7.74. The van der Waals surface area contributed by atoms with Gasteiger partial charge in [0.1, 0.15) is 0 Å². The molecule has 2 N–H and O–H groups in total. The van der Waals surface area contributed by atoms with Crippen molar-refractivity contribution in [2.24, 2.45) is 11.3 Å². The van der Waals surface area contributed by atoms with Crippen molar-refractivity contribution in [3.05, 3.63) is 0 Å². The molecule has 0 atom stereocenters. The van der Waals surface area contributed by atoms with Crippen LogP contribution in [0.3, 0.4) is 0 Å². The molecule has 0 aromatic rings. The summed E-state index contributed by atoms with van der Waals surface area (Å²) >= 11 is 0. The molecule has 0 bridgehead atoms. The zero-order valence-electron chi connectivity index (χ0n) is 11.7. The first-order valence-electron chi connectivity index (χ1n) is 7.07. The molecule has 0 unspecified atom stereocenters. The Balaban J connectivity index is 2.36. The molecule has 1 rings (SSSR count). The molecule has 1 aliphatic carbocycles. The van der Waals surface area contributed by atoms with Gasteiger partial charge in [0, 0.05) is 12.0 Å². The first-order chi connectivity index (χ1) is 8.60. The van der Waals surface area contributed by atoms with E-state index >= 15 is 0 Å². The minimum Gasteiger partial charge on any atom is -0.394 e. The lowest BCUT2D eigenvalue weighted by Gasteiger charge is -2.29. The summed E-state index contributed by atoms with van der Waals surface area (Å²) in [5.74, 6) is 0.751. The molecule has 1 fully saturated rings. The van der Waals surface area contributed by atoms with Crippen LogP contribution in [-0.2, 0) is 9.53 Å². The molecule has 0 saturated heterocycles. The Morgan fingerprint density at radius 2 is 2.00 bits per heavy atom. The van der Waals surface area contributed by atoms with Crippen molar-refractivity contribution in [3.8, 4) is 0 Å². The number of aliphatic hydroxyl groups excluding tert-OH is 1. The summed E-state index contributed by atoms with van der Waals surface area (Å²) in [5, 5.41) is 11.6. The first-order valence-corrected chi connectivity index (χ1v) is 7.07. The van der Waals surface area contributed by atoms with E-state index in [0.717, 1.165) is 19.3 Å². The number of nitrogens with one attached hydrogen (secondary N) is 1. The van der Waals surface area contributed by atoms with Crippen molar-refractivity contribution in [2.75, 3.05) is 26.4 Å². The molecule has 1 aliphatic rings. The van der Waals surface area contributed by atoms with Crippen LogP contribution in [-0.4, -0.2) is 37.4 Å². The van der Waals surface area contributed by atoms with E-state index in [0.29, 0.717) is 25.7 Å². The van der Waals surface area contributed by atoms with Gasteiger partial charge < -0.3 is 15.2 Å². The van der Waals surface area contributed by atoms with Crippen molar-refractivity contribution in [2.45, 2.75) is 46.0 Å². The van der Waals surface area contributed by atoms with Gasteiger partial charge in [0.25, 0.3) is 0 Å². The highest BCUT2D eigenvalue weighted by Gasteiger charge is 2.40. The third-order valence-electron chi connectivity index (χ3n) is 3.61. The van der Waals surface area contributed by atoms with Crippen LogP contribution in [0.15, 0.2) is 0 Å². The van der Waals surface area contributed by atoms with E-state index in [-0.39, 0.29) is 17.9 Å². The molecule has 4 heteroatoms.